The number of rotatable bonds is 7. The maximum absolute atomic E-state index is 5.98. The lowest BCUT2D eigenvalue weighted by Crippen LogP contribution is -2.23. The molecule has 1 fully saturated rings. The molecule has 1 atom stereocenters. The highest BCUT2D eigenvalue weighted by Crippen LogP contribution is 2.32. The van der Waals surface area contributed by atoms with Crippen LogP contribution in [0.25, 0.3) is 0 Å². The van der Waals surface area contributed by atoms with Crippen LogP contribution < -0.4 is 14.8 Å². The highest BCUT2D eigenvalue weighted by atomic mass is 16.5. The fourth-order valence-electron chi connectivity index (χ4n) is 3.44. The predicted molar refractivity (Wildman–Crippen MR) is 95.9 cm³/mol. The molecule has 1 aliphatic carbocycles. The van der Waals surface area contributed by atoms with Crippen molar-refractivity contribution in [2.45, 2.75) is 64.0 Å². The zero-order valence-electron chi connectivity index (χ0n) is 14.9. The van der Waals surface area contributed by atoms with Crippen LogP contribution in [0.2, 0.25) is 0 Å². The normalized spacial score (nSPS) is 19.7. The van der Waals surface area contributed by atoms with Crippen LogP contribution in [0.3, 0.4) is 0 Å². The van der Waals surface area contributed by atoms with Gasteiger partial charge < -0.3 is 19.5 Å². The SMILES string of the molecule is CC(NCCCOC1CCCCC1)c1ccc2c(c1)OCCCO2. The van der Waals surface area contributed by atoms with Crippen molar-refractivity contribution in [3.63, 3.8) is 0 Å². The van der Waals surface area contributed by atoms with E-state index in [4.69, 9.17) is 14.2 Å². The Morgan fingerprint density at radius 1 is 1.08 bits per heavy atom. The highest BCUT2D eigenvalue weighted by Gasteiger charge is 2.14. The van der Waals surface area contributed by atoms with E-state index in [0.717, 1.165) is 50.7 Å². The number of nitrogens with one attached hydrogen (secondary N) is 1. The van der Waals surface area contributed by atoms with Gasteiger partial charge in [-0.15, -0.1) is 0 Å². The number of fused-ring (bicyclic) bond motifs is 1. The molecule has 2 aliphatic rings. The zero-order valence-corrected chi connectivity index (χ0v) is 14.9. The number of ether oxygens (including phenoxy) is 3. The molecule has 134 valence electrons. The van der Waals surface area contributed by atoms with Crippen molar-refractivity contribution in [3.8, 4) is 11.5 Å². The molecule has 1 aromatic rings. The summed E-state index contributed by atoms with van der Waals surface area (Å²) in [5.74, 6) is 1.74. The molecule has 0 spiro atoms. The topological polar surface area (TPSA) is 39.7 Å². The van der Waals surface area contributed by atoms with Gasteiger partial charge in [0.1, 0.15) is 0 Å². The maximum atomic E-state index is 5.98. The Bertz CT molecular complexity index is 500. The summed E-state index contributed by atoms with van der Waals surface area (Å²) < 4.78 is 17.5. The smallest absolute Gasteiger partial charge is 0.161 e. The minimum atomic E-state index is 0.303. The molecule has 4 nitrogen and oxygen atoms in total. The van der Waals surface area contributed by atoms with Gasteiger partial charge in [-0.1, -0.05) is 25.3 Å². The summed E-state index contributed by atoms with van der Waals surface area (Å²) in [6, 6.07) is 6.57. The molecule has 0 radical (unpaired) electrons. The van der Waals surface area contributed by atoms with Gasteiger partial charge in [0.15, 0.2) is 11.5 Å². The first kappa shape index (κ1) is 17.6. The van der Waals surface area contributed by atoms with Gasteiger partial charge in [0.25, 0.3) is 0 Å². The van der Waals surface area contributed by atoms with Crippen LogP contribution in [0.1, 0.15) is 63.5 Å². The first-order valence-electron chi connectivity index (χ1n) is 9.57. The van der Waals surface area contributed by atoms with Crippen molar-refractivity contribution >= 4 is 0 Å². The van der Waals surface area contributed by atoms with Crippen LogP contribution in [-0.2, 0) is 4.74 Å². The summed E-state index contributed by atoms with van der Waals surface area (Å²) in [5.41, 5.74) is 1.24. The Hall–Kier alpha value is -1.26. The molecule has 0 bridgehead atoms. The Morgan fingerprint density at radius 2 is 1.88 bits per heavy atom. The van der Waals surface area contributed by atoms with E-state index in [9.17, 15) is 0 Å². The summed E-state index contributed by atoms with van der Waals surface area (Å²) in [7, 11) is 0. The summed E-state index contributed by atoms with van der Waals surface area (Å²) >= 11 is 0. The Balaban J connectivity index is 1.38. The minimum absolute atomic E-state index is 0.303. The molecule has 1 heterocycles. The Labute approximate surface area is 145 Å². The molecule has 4 heteroatoms. The van der Waals surface area contributed by atoms with Crippen molar-refractivity contribution in [3.05, 3.63) is 23.8 Å². The third-order valence-electron chi connectivity index (χ3n) is 4.95. The molecule has 1 N–H and O–H groups in total. The molecule has 1 saturated carbocycles. The van der Waals surface area contributed by atoms with Gasteiger partial charge in [-0.2, -0.15) is 0 Å². The first-order valence-corrected chi connectivity index (χ1v) is 9.57. The molecule has 1 aromatic carbocycles. The molecule has 0 amide bonds. The van der Waals surface area contributed by atoms with Gasteiger partial charge in [0.2, 0.25) is 0 Å². The lowest BCUT2D eigenvalue weighted by Gasteiger charge is -2.22. The van der Waals surface area contributed by atoms with Gasteiger partial charge >= 0.3 is 0 Å². The van der Waals surface area contributed by atoms with E-state index in [0.29, 0.717) is 12.1 Å². The van der Waals surface area contributed by atoms with E-state index in [1.54, 1.807) is 0 Å². The van der Waals surface area contributed by atoms with Crippen LogP contribution in [0.15, 0.2) is 18.2 Å². The number of hydrogen-bond donors (Lipinski definition) is 1. The zero-order chi connectivity index (χ0) is 16.6. The Morgan fingerprint density at radius 3 is 2.71 bits per heavy atom. The summed E-state index contributed by atoms with van der Waals surface area (Å²) in [6.07, 6.45) is 9.08. The summed E-state index contributed by atoms with van der Waals surface area (Å²) in [4.78, 5) is 0. The molecule has 1 unspecified atom stereocenters. The number of hydrogen-bond acceptors (Lipinski definition) is 4. The second kappa shape index (κ2) is 9.28. The quantitative estimate of drug-likeness (QED) is 0.758. The second-order valence-electron chi connectivity index (χ2n) is 6.92. The van der Waals surface area contributed by atoms with Gasteiger partial charge in [0.05, 0.1) is 19.3 Å². The minimum Gasteiger partial charge on any atom is -0.490 e. The van der Waals surface area contributed by atoms with Crippen LogP contribution in [0.5, 0.6) is 11.5 Å². The van der Waals surface area contributed by atoms with E-state index in [-0.39, 0.29) is 0 Å². The largest absolute Gasteiger partial charge is 0.490 e. The third kappa shape index (κ3) is 5.12. The van der Waals surface area contributed by atoms with Crippen molar-refractivity contribution in [1.29, 1.82) is 0 Å². The van der Waals surface area contributed by atoms with Gasteiger partial charge in [0, 0.05) is 19.1 Å². The van der Waals surface area contributed by atoms with E-state index < -0.39 is 0 Å². The average molecular weight is 333 g/mol. The molecule has 0 saturated heterocycles. The van der Waals surface area contributed by atoms with Crippen LogP contribution in [0.4, 0.5) is 0 Å². The van der Waals surface area contributed by atoms with Crippen molar-refractivity contribution in [1.82, 2.24) is 5.32 Å². The van der Waals surface area contributed by atoms with E-state index in [1.807, 2.05) is 6.07 Å². The number of benzene rings is 1. The van der Waals surface area contributed by atoms with Gasteiger partial charge in [-0.3, -0.25) is 0 Å². The maximum Gasteiger partial charge on any atom is 0.161 e. The fourth-order valence-corrected chi connectivity index (χ4v) is 3.44. The van der Waals surface area contributed by atoms with Crippen molar-refractivity contribution in [2.24, 2.45) is 0 Å². The Kier molecular flexibility index (Phi) is 6.79. The molecule has 24 heavy (non-hydrogen) atoms. The molecule has 0 aromatic heterocycles. The molecule has 1 aliphatic heterocycles. The molecular weight excluding hydrogens is 302 g/mol. The first-order chi connectivity index (χ1) is 11.8. The summed E-state index contributed by atoms with van der Waals surface area (Å²) in [6.45, 7) is 5.51. The van der Waals surface area contributed by atoms with E-state index >= 15 is 0 Å². The van der Waals surface area contributed by atoms with E-state index in [2.05, 4.69) is 24.4 Å². The van der Waals surface area contributed by atoms with Gasteiger partial charge in [-0.25, -0.2) is 0 Å². The van der Waals surface area contributed by atoms with Crippen LogP contribution in [-0.4, -0.2) is 32.5 Å². The standard InChI is InChI=1S/C20H31NO3/c1-16(21-11-5-12-22-18-7-3-2-4-8-18)17-9-10-19-20(15-17)24-14-6-13-23-19/h9-10,15-16,18,21H,2-8,11-14H2,1H3. The monoisotopic (exact) mass is 333 g/mol. The van der Waals surface area contributed by atoms with E-state index in [1.165, 1.54) is 37.7 Å². The van der Waals surface area contributed by atoms with Crippen molar-refractivity contribution < 1.29 is 14.2 Å². The molecule has 3 rings (SSSR count). The average Bonchev–Trinajstić information content (AvgIpc) is 2.87. The fraction of sp³-hybridized carbons (Fsp3) is 0.700. The lowest BCUT2D eigenvalue weighted by molar-refractivity contribution is 0.0271. The van der Waals surface area contributed by atoms with Crippen molar-refractivity contribution in [2.75, 3.05) is 26.4 Å². The van der Waals surface area contributed by atoms with Crippen LogP contribution in [0, 0.1) is 0 Å². The lowest BCUT2D eigenvalue weighted by atomic mass is 9.98. The second-order valence-corrected chi connectivity index (χ2v) is 6.92. The third-order valence-corrected chi connectivity index (χ3v) is 4.95. The summed E-state index contributed by atoms with van der Waals surface area (Å²) in [5, 5.41) is 3.58. The predicted octanol–water partition coefficient (Wildman–Crippen LogP) is 4.24. The highest BCUT2D eigenvalue weighted by molar-refractivity contribution is 5.44. The van der Waals surface area contributed by atoms with Gasteiger partial charge in [-0.05, 0) is 50.4 Å². The van der Waals surface area contributed by atoms with Crippen LogP contribution >= 0.6 is 0 Å². The molecular formula is C20H31NO3.